The van der Waals surface area contributed by atoms with Gasteiger partial charge in [0.25, 0.3) is 0 Å². The van der Waals surface area contributed by atoms with Crippen LogP contribution in [0.4, 0.5) is 0 Å². The monoisotopic (exact) mass is 273 g/mol. The number of ether oxygens (including phenoxy) is 1. The number of hydrogen-bond donors (Lipinski definition) is 1. The summed E-state index contributed by atoms with van der Waals surface area (Å²) in [7, 11) is 0. The van der Waals surface area contributed by atoms with Crippen LogP contribution < -0.4 is 10.5 Å². The molecule has 2 N–H and O–H groups in total. The van der Waals surface area contributed by atoms with E-state index in [0.29, 0.717) is 0 Å². The number of aryl methyl sites for hydroxylation is 2. The van der Waals surface area contributed by atoms with Gasteiger partial charge in [-0.3, -0.25) is 0 Å². The maximum Gasteiger partial charge on any atom is 0.120 e. The van der Waals surface area contributed by atoms with Crippen LogP contribution in [0.2, 0.25) is 0 Å². The van der Waals surface area contributed by atoms with Crippen molar-refractivity contribution in [2.24, 2.45) is 5.73 Å². The molecular formula is C18H27NO. The van der Waals surface area contributed by atoms with Crippen LogP contribution in [0, 0.1) is 0 Å². The molecule has 1 aromatic rings. The van der Waals surface area contributed by atoms with Crippen LogP contribution in [0.1, 0.15) is 62.5 Å². The second kappa shape index (κ2) is 6.62. The van der Waals surface area contributed by atoms with Crippen molar-refractivity contribution in [3.05, 3.63) is 29.3 Å². The van der Waals surface area contributed by atoms with E-state index in [0.717, 1.165) is 18.6 Å². The molecule has 0 aromatic heterocycles. The molecule has 0 radical (unpaired) electrons. The Hall–Kier alpha value is -1.02. The third kappa shape index (κ3) is 3.35. The van der Waals surface area contributed by atoms with E-state index in [1.54, 1.807) is 0 Å². The van der Waals surface area contributed by atoms with Crippen molar-refractivity contribution in [1.82, 2.24) is 0 Å². The Morgan fingerprint density at radius 1 is 0.850 bits per heavy atom. The molecule has 0 bridgehead atoms. The van der Waals surface area contributed by atoms with Crippen molar-refractivity contribution in [3.8, 4) is 5.75 Å². The van der Waals surface area contributed by atoms with E-state index in [9.17, 15) is 0 Å². The summed E-state index contributed by atoms with van der Waals surface area (Å²) in [4.78, 5) is 0. The highest BCUT2D eigenvalue weighted by Gasteiger charge is 2.21. The molecule has 2 aliphatic rings. The zero-order valence-electron chi connectivity index (χ0n) is 12.4. The molecule has 2 atom stereocenters. The predicted molar refractivity (Wildman–Crippen MR) is 83.2 cm³/mol. The summed E-state index contributed by atoms with van der Waals surface area (Å²) in [5.74, 6) is 1.03. The summed E-state index contributed by atoms with van der Waals surface area (Å²) in [5, 5.41) is 0. The maximum atomic E-state index is 6.31. The Morgan fingerprint density at radius 3 is 2.45 bits per heavy atom. The minimum absolute atomic E-state index is 0.200. The van der Waals surface area contributed by atoms with Crippen LogP contribution in [0.25, 0.3) is 0 Å². The molecule has 2 aliphatic carbocycles. The molecule has 1 saturated carbocycles. The number of benzene rings is 1. The van der Waals surface area contributed by atoms with Gasteiger partial charge in [0.05, 0.1) is 0 Å². The molecule has 0 heterocycles. The van der Waals surface area contributed by atoms with E-state index in [1.165, 1.54) is 62.5 Å². The molecule has 1 aromatic carbocycles. The highest BCUT2D eigenvalue weighted by molar-refractivity contribution is 5.37. The molecular weight excluding hydrogens is 246 g/mol. The summed E-state index contributed by atoms with van der Waals surface area (Å²) in [5.41, 5.74) is 9.32. The fraction of sp³-hybridized carbons (Fsp3) is 0.667. The lowest BCUT2D eigenvalue weighted by atomic mass is 9.91. The second-order valence-electron chi connectivity index (χ2n) is 6.45. The van der Waals surface area contributed by atoms with Crippen molar-refractivity contribution in [1.29, 1.82) is 0 Å². The normalized spacial score (nSPS) is 27.2. The highest BCUT2D eigenvalue weighted by Crippen LogP contribution is 2.27. The van der Waals surface area contributed by atoms with Gasteiger partial charge in [0.15, 0.2) is 0 Å². The molecule has 0 saturated heterocycles. The van der Waals surface area contributed by atoms with Crippen molar-refractivity contribution in [3.63, 3.8) is 0 Å². The topological polar surface area (TPSA) is 35.2 Å². The van der Waals surface area contributed by atoms with Gasteiger partial charge < -0.3 is 10.5 Å². The summed E-state index contributed by atoms with van der Waals surface area (Å²) in [6.45, 7) is 0. The van der Waals surface area contributed by atoms with Gasteiger partial charge in [-0.1, -0.05) is 25.3 Å². The zero-order valence-corrected chi connectivity index (χ0v) is 12.4. The van der Waals surface area contributed by atoms with Gasteiger partial charge in [0.2, 0.25) is 0 Å². The quantitative estimate of drug-likeness (QED) is 0.884. The summed E-state index contributed by atoms with van der Waals surface area (Å²) < 4.78 is 6.24. The van der Waals surface area contributed by atoms with Crippen LogP contribution in [0.15, 0.2) is 18.2 Å². The fourth-order valence-electron chi connectivity index (χ4n) is 3.58. The Morgan fingerprint density at radius 2 is 1.60 bits per heavy atom. The molecule has 0 aliphatic heterocycles. The Balaban J connectivity index is 1.69. The van der Waals surface area contributed by atoms with Crippen LogP contribution in [0.3, 0.4) is 0 Å². The van der Waals surface area contributed by atoms with Gasteiger partial charge >= 0.3 is 0 Å². The summed E-state index contributed by atoms with van der Waals surface area (Å²) in [6, 6.07) is 6.87. The predicted octanol–water partition coefficient (Wildman–Crippen LogP) is 3.99. The molecule has 1 fully saturated rings. The van der Waals surface area contributed by atoms with Crippen molar-refractivity contribution in [2.75, 3.05) is 0 Å². The van der Waals surface area contributed by atoms with Crippen LogP contribution >= 0.6 is 0 Å². The van der Waals surface area contributed by atoms with E-state index >= 15 is 0 Å². The first-order valence-corrected chi connectivity index (χ1v) is 8.37. The van der Waals surface area contributed by atoms with Crippen LogP contribution in [-0.4, -0.2) is 12.1 Å². The second-order valence-corrected chi connectivity index (χ2v) is 6.45. The first kappa shape index (κ1) is 13.9. The smallest absolute Gasteiger partial charge is 0.120 e. The molecule has 2 unspecified atom stereocenters. The average Bonchev–Trinajstić information content (AvgIpc) is 2.47. The molecule has 110 valence electrons. The lowest BCUT2D eigenvalue weighted by molar-refractivity contribution is 0.145. The Bertz CT molecular complexity index is 443. The number of hydrogen-bond acceptors (Lipinski definition) is 2. The largest absolute Gasteiger partial charge is 0.489 e. The standard InChI is InChI=1S/C18H27NO/c19-17-9-3-1-2-4-10-18(17)20-16-12-11-14-7-5-6-8-15(14)13-16/h11-13,17-18H,1-10,19H2. The lowest BCUT2D eigenvalue weighted by Crippen LogP contribution is -2.39. The minimum Gasteiger partial charge on any atom is -0.489 e. The van der Waals surface area contributed by atoms with E-state index < -0.39 is 0 Å². The number of rotatable bonds is 2. The molecule has 2 heteroatoms. The van der Waals surface area contributed by atoms with Gasteiger partial charge in [0, 0.05) is 6.04 Å². The van der Waals surface area contributed by atoms with E-state index in [4.69, 9.17) is 10.5 Å². The average molecular weight is 273 g/mol. The van der Waals surface area contributed by atoms with Crippen molar-refractivity contribution >= 4 is 0 Å². The lowest BCUT2D eigenvalue weighted by Gasteiger charge is -2.28. The molecule has 2 nitrogen and oxygen atoms in total. The third-order valence-corrected chi connectivity index (χ3v) is 4.86. The Labute approximate surface area is 122 Å². The summed E-state index contributed by atoms with van der Waals surface area (Å²) >= 11 is 0. The molecule has 20 heavy (non-hydrogen) atoms. The first-order chi connectivity index (χ1) is 9.83. The summed E-state index contributed by atoms with van der Waals surface area (Å²) in [6.07, 6.45) is 12.7. The SMILES string of the molecule is NC1CCCCCCC1Oc1ccc2c(c1)CCCC2. The van der Waals surface area contributed by atoms with Gasteiger partial charge in [-0.25, -0.2) is 0 Å². The maximum absolute atomic E-state index is 6.31. The van der Waals surface area contributed by atoms with E-state index in [-0.39, 0.29) is 12.1 Å². The highest BCUT2D eigenvalue weighted by atomic mass is 16.5. The van der Waals surface area contributed by atoms with Crippen LogP contribution in [0.5, 0.6) is 5.75 Å². The number of nitrogens with two attached hydrogens (primary N) is 1. The van der Waals surface area contributed by atoms with E-state index in [2.05, 4.69) is 18.2 Å². The first-order valence-electron chi connectivity index (χ1n) is 8.37. The van der Waals surface area contributed by atoms with Gasteiger partial charge in [-0.2, -0.15) is 0 Å². The van der Waals surface area contributed by atoms with Gasteiger partial charge in [0.1, 0.15) is 11.9 Å². The van der Waals surface area contributed by atoms with Crippen molar-refractivity contribution < 1.29 is 4.74 Å². The number of fused-ring (bicyclic) bond motifs is 1. The Kier molecular flexibility index (Phi) is 4.62. The molecule has 3 rings (SSSR count). The fourth-order valence-corrected chi connectivity index (χ4v) is 3.58. The zero-order chi connectivity index (χ0) is 13.8. The molecule has 0 spiro atoms. The van der Waals surface area contributed by atoms with Crippen molar-refractivity contribution in [2.45, 2.75) is 76.4 Å². The third-order valence-electron chi connectivity index (χ3n) is 4.86. The van der Waals surface area contributed by atoms with E-state index in [1.807, 2.05) is 0 Å². The van der Waals surface area contributed by atoms with Gasteiger partial charge in [-0.15, -0.1) is 0 Å². The minimum atomic E-state index is 0.200. The van der Waals surface area contributed by atoms with Crippen LogP contribution in [-0.2, 0) is 12.8 Å². The van der Waals surface area contributed by atoms with Gasteiger partial charge in [-0.05, 0) is 68.2 Å². The molecule has 0 amide bonds.